The summed E-state index contributed by atoms with van der Waals surface area (Å²) in [6, 6.07) is 38.0. The van der Waals surface area contributed by atoms with Crippen LogP contribution in [0.15, 0.2) is 103 Å². The molecular weight excluding hydrogens is 422 g/mol. The van der Waals surface area contributed by atoms with Gasteiger partial charge in [-0.3, -0.25) is 0 Å². The van der Waals surface area contributed by atoms with Crippen molar-refractivity contribution in [3.05, 3.63) is 114 Å². The number of benzene rings is 5. The molecule has 0 heterocycles. The van der Waals surface area contributed by atoms with E-state index in [9.17, 15) is 0 Å². The molecule has 0 fully saturated rings. The van der Waals surface area contributed by atoms with Crippen LogP contribution >= 0.6 is 0 Å². The van der Waals surface area contributed by atoms with Crippen LogP contribution in [0, 0.1) is 0 Å². The first-order chi connectivity index (χ1) is 16.6. The minimum Gasteiger partial charge on any atom is -0.310 e. The van der Waals surface area contributed by atoms with Crippen molar-refractivity contribution in [2.45, 2.75) is 52.4 Å². The summed E-state index contributed by atoms with van der Waals surface area (Å²) in [6.07, 6.45) is 0. The van der Waals surface area contributed by atoms with Gasteiger partial charge in [0.25, 0.3) is 0 Å². The van der Waals surface area contributed by atoms with Gasteiger partial charge in [0, 0.05) is 16.8 Å². The fourth-order valence-corrected chi connectivity index (χ4v) is 4.87. The summed E-state index contributed by atoms with van der Waals surface area (Å²) in [5.41, 5.74) is 6.45. The lowest BCUT2D eigenvalue weighted by atomic mass is 9.86. The predicted octanol–water partition coefficient (Wildman–Crippen LogP) is 10.1. The van der Waals surface area contributed by atoms with Crippen LogP contribution < -0.4 is 4.90 Å². The van der Waals surface area contributed by atoms with E-state index < -0.39 is 0 Å². The number of hydrogen-bond donors (Lipinski definition) is 0. The van der Waals surface area contributed by atoms with Crippen LogP contribution in [0.5, 0.6) is 0 Å². The summed E-state index contributed by atoms with van der Waals surface area (Å²) < 4.78 is 0. The van der Waals surface area contributed by atoms with Crippen LogP contribution in [-0.4, -0.2) is 0 Å². The smallest absolute Gasteiger partial charge is 0.0546 e. The van der Waals surface area contributed by atoms with Crippen molar-refractivity contribution in [1.29, 1.82) is 0 Å². The Bertz CT molecular complexity index is 1420. The predicted molar refractivity (Wildman–Crippen MR) is 154 cm³/mol. The Hall–Kier alpha value is -3.58. The largest absolute Gasteiger partial charge is 0.310 e. The summed E-state index contributed by atoms with van der Waals surface area (Å²) >= 11 is 0. The van der Waals surface area contributed by atoms with E-state index in [-0.39, 0.29) is 10.8 Å². The molecule has 0 aromatic heterocycles. The van der Waals surface area contributed by atoms with Crippen molar-refractivity contribution in [3.63, 3.8) is 0 Å². The SMILES string of the molecule is CC(C)(C)c1ccc(N(c2ccc(C(C)(C)C)cc2)c2cc3ccccc3c3ccccc23)cc1. The molecule has 0 saturated carbocycles. The molecule has 5 rings (SSSR count). The second kappa shape index (κ2) is 8.57. The van der Waals surface area contributed by atoms with Crippen LogP contribution in [0.4, 0.5) is 17.1 Å². The second-order valence-electron chi connectivity index (χ2n) is 11.6. The number of nitrogens with zero attached hydrogens (tertiary/aromatic N) is 1. The third-order valence-electron chi connectivity index (χ3n) is 6.97. The van der Waals surface area contributed by atoms with Gasteiger partial charge >= 0.3 is 0 Å². The Morgan fingerprint density at radius 2 is 0.886 bits per heavy atom. The number of anilines is 3. The molecule has 0 unspecified atom stereocenters. The Labute approximate surface area is 210 Å². The van der Waals surface area contributed by atoms with Gasteiger partial charge in [-0.15, -0.1) is 0 Å². The molecule has 0 aliphatic rings. The maximum Gasteiger partial charge on any atom is 0.0546 e. The number of hydrogen-bond acceptors (Lipinski definition) is 1. The molecule has 0 amide bonds. The third-order valence-corrected chi connectivity index (χ3v) is 6.97. The topological polar surface area (TPSA) is 3.24 Å². The molecule has 1 heteroatoms. The molecule has 1 nitrogen and oxygen atoms in total. The maximum absolute atomic E-state index is 2.41. The molecule has 5 aromatic rings. The van der Waals surface area contributed by atoms with Crippen LogP contribution in [-0.2, 0) is 10.8 Å². The molecule has 0 aliphatic carbocycles. The Morgan fingerprint density at radius 3 is 1.37 bits per heavy atom. The fraction of sp³-hybridized carbons (Fsp3) is 0.235. The van der Waals surface area contributed by atoms with Crippen LogP contribution in [0.2, 0.25) is 0 Å². The van der Waals surface area contributed by atoms with E-state index in [0.29, 0.717) is 0 Å². The molecule has 5 aromatic carbocycles. The number of rotatable bonds is 3. The minimum absolute atomic E-state index is 0.118. The van der Waals surface area contributed by atoms with E-state index in [4.69, 9.17) is 0 Å². The van der Waals surface area contributed by atoms with Gasteiger partial charge in [0.15, 0.2) is 0 Å². The van der Waals surface area contributed by atoms with Crippen molar-refractivity contribution in [2.75, 3.05) is 4.90 Å². The first-order valence-corrected chi connectivity index (χ1v) is 12.5. The van der Waals surface area contributed by atoms with Gasteiger partial charge in [0.1, 0.15) is 0 Å². The molecule has 0 N–H and O–H groups in total. The summed E-state index contributed by atoms with van der Waals surface area (Å²) in [5, 5.41) is 5.08. The zero-order valence-corrected chi connectivity index (χ0v) is 21.8. The molecule has 0 radical (unpaired) electrons. The van der Waals surface area contributed by atoms with Crippen LogP contribution in [0.1, 0.15) is 52.7 Å². The molecule has 0 saturated heterocycles. The average molecular weight is 458 g/mol. The van der Waals surface area contributed by atoms with E-state index in [2.05, 4.69) is 150 Å². The summed E-state index contributed by atoms with van der Waals surface area (Å²) in [5.74, 6) is 0. The summed E-state index contributed by atoms with van der Waals surface area (Å²) in [6.45, 7) is 13.6. The molecule has 0 spiro atoms. The maximum atomic E-state index is 2.41. The Morgan fingerprint density at radius 1 is 0.457 bits per heavy atom. The minimum atomic E-state index is 0.118. The highest BCUT2D eigenvalue weighted by Gasteiger charge is 2.20. The van der Waals surface area contributed by atoms with Crippen molar-refractivity contribution in [3.8, 4) is 0 Å². The van der Waals surface area contributed by atoms with Gasteiger partial charge in [-0.25, -0.2) is 0 Å². The lowest BCUT2D eigenvalue weighted by molar-refractivity contribution is 0.590. The van der Waals surface area contributed by atoms with E-state index in [1.54, 1.807) is 0 Å². The molecule has 0 atom stereocenters. The normalized spacial score (nSPS) is 12.3. The third kappa shape index (κ3) is 4.44. The molecular formula is C34H35N. The zero-order chi connectivity index (χ0) is 24.8. The standard InChI is InChI=1S/C34H35N/c1-33(2,3)25-15-19-27(20-16-25)35(28-21-17-26(18-22-28)34(4,5)6)32-23-24-11-7-8-12-29(24)30-13-9-10-14-31(30)32/h7-23H,1-6H3. The second-order valence-corrected chi connectivity index (χ2v) is 11.6. The quantitative estimate of drug-likeness (QED) is 0.244. The van der Waals surface area contributed by atoms with Crippen molar-refractivity contribution in [1.82, 2.24) is 0 Å². The van der Waals surface area contributed by atoms with Crippen molar-refractivity contribution in [2.24, 2.45) is 0 Å². The molecule has 0 bridgehead atoms. The summed E-state index contributed by atoms with van der Waals surface area (Å²) in [7, 11) is 0. The lowest BCUT2D eigenvalue weighted by Gasteiger charge is -2.29. The summed E-state index contributed by atoms with van der Waals surface area (Å²) in [4.78, 5) is 2.41. The highest BCUT2D eigenvalue weighted by Crippen LogP contribution is 2.42. The van der Waals surface area contributed by atoms with Crippen LogP contribution in [0.25, 0.3) is 21.5 Å². The van der Waals surface area contributed by atoms with Gasteiger partial charge in [0.2, 0.25) is 0 Å². The van der Waals surface area contributed by atoms with E-state index in [1.807, 2.05) is 0 Å². The lowest BCUT2D eigenvalue weighted by Crippen LogP contribution is -2.14. The van der Waals surface area contributed by atoms with Crippen LogP contribution in [0.3, 0.4) is 0 Å². The Balaban J connectivity index is 1.77. The Kier molecular flexibility index (Phi) is 5.68. The molecule has 35 heavy (non-hydrogen) atoms. The monoisotopic (exact) mass is 457 g/mol. The van der Waals surface area contributed by atoms with Crippen molar-refractivity contribution >= 4 is 38.6 Å². The highest BCUT2D eigenvalue weighted by molar-refractivity contribution is 6.14. The molecule has 0 aliphatic heterocycles. The average Bonchev–Trinajstić information content (AvgIpc) is 2.84. The van der Waals surface area contributed by atoms with E-state index in [0.717, 1.165) is 0 Å². The van der Waals surface area contributed by atoms with Gasteiger partial charge in [0.05, 0.1) is 5.69 Å². The molecule has 176 valence electrons. The van der Waals surface area contributed by atoms with Gasteiger partial charge < -0.3 is 4.90 Å². The van der Waals surface area contributed by atoms with Gasteiger partial charge in [-0.2, -0.15) is 0 Å². The van der Waals surface area contributed by atoms with E-state index in [1.165, 1.54) is 49.7 Å². The van der Waals surface area contributed by atoms with Gasteiger partial charge in [-0.05, 0) is 68.4 Å². The first kappa shape index (κ1) is 23.2. The van der Waals surface area contributed by atoms with Gasteiger partial charge in [-0.1, -0.05) is 114 Å². The number of fused-ring (bicyclic) bond motifs is 3. The zero-order valence-electron chi connectivity index (χ0n) is 21.8. The highest BCUT2D eigenvalue weighted by atomic mass is 15.1. The van der Waals surface area contributed by atoms with E-state index >= 15 is 0 Å². The van der Waals surface area contributed by atoms with Crippen molar-refractivity contribution < 1.29 is 0 Å². The fourth-order valence-electron chi connectivity index (χ4n) is 4.87. The first-order valence-electron chi connectivity index (χ1n) is 12.5.